The molecule has 1 saturated heterocycles. The number of benzene rings is 2. The lowest BCUT2D eigenvalue weighted by molar-refractivity contribution is -0.107. The van der Waals surface area contributed by atoms with Crippen LogP contribution in [0.15, 0.2) is 72.1 Å². The smallest absolute Gasteiger partial charge is 0.218 e. The number of hydrogen-bond donors (Lipinski definition) is 1. The van der Waals surface area contributed by atoms with Crippen LogP contribution in [0.1, 0.15) is 30.4 Å². The molecule has 35 heavy (non-hydrogen) atoms. The van der Waals surface area contributed by atoms with Crippen molar-refractivity contribution in [3.8, 4) is 0 Å². The van der Waals surface area contributed by atoms with Crippen molar-refractivity contribution >= 4 is 21.9 Å². The predicted octanol–water partition coefficient (Wildman–Crippen LogP) is 3.22. The van der Waals surface area contributed by atoms with Gasteiger partial charge in [-0.1, -0.05) is 48.5 Å². The van der Waals surface area contributed by atoms with Crippen LogP contribution in [0.3, 0.4) is 0 Å². The number of nitrogens with one attached hydrogen (secondary N) is 1. The third-order valence-corrected chi connectivity index (χ3v) is 8.87. The highest BCUT2D eigenvalue weighted by atomic mass is 32.2. The van der Waals surface area contributed by atoms with Gasteiger partial charge in [-0.2, -0.15) is 0 Å². The van der Waals surface area contributed by atoms with Gasteiger partial charge in [-0.25, -0.2) is 17.1 Å². The summed E-state index contributed by atoms with van der Waals surface area (Å²) in [5, 5.41) is 0. The zero-order valence-corrected chi connectivity index (χ0v) is 20.1. The summed E-state index contributed by atoms with van der Waals surface area (Å²) in [6.07, 6.45) is 4.51. The number of halogens is 1. The highest BCUT2D eigenvalue weighted by molar-refractivity contribution is 7.88. The highest BCUT2D eigenvalue weighted by Gasteiger charge is 2.49. The number of sulfonamides is 1. The van der Waals surface area contributed by atoms with E-state index < -0.39 is 15.6 Å². The molecule has 184 valence electrons. The van der Waals surface area contributed by atoms with Gasteiger partial charge in [0.05, 0.1) is 11.4 Å². The van der Waals surface area contributed by atoms with Crippen LogP contribution in [0.25, 0.3) is 5.57 Å². The standard InChI is InChI=1S/C26H28FN3O4S/c27-23-8-6-21(7-9-23)22-10-14-29(15-11-22)25-24(18-31)28-34-26(25)12-16-30(17-13-26)35(32,33)19-20-4-2-1-3-5-20/h1-10,18,28H,11-17,19H2. The van der Waals surface area contributed by atoms with Crippen molar-refractivity contribution in [3.05, 3.63) is 89.0 Å². The van der Waals surface area contributed by atoms with E-state index >= 15 is 0 Å². The number of carbonyl (C=O) groups excluding carboxylic acids is 1. The van der Waals surface area contributed by atoms with Crippen LogP contribution in [0.4, 0.5) is 4.39 Å². The Balaban J connectivity index is 1.30. The van der Waals surface area contributed by atoms with Crippen LogP contribution in [-0.2, 0) is 25.4 Å². The number of aldehydes is 1. The third-order valence-electron chi connectivity index (χ3n) is 7.02. The predicted molar refractivity (Wildman–Crippen MR) is 130 cm³/mol. The molecular weight excluding hydrogens is 469 g/mol. The fourth-order valence-electron chi connectivity index (χ4n) is 5.17. The lowest BCUT2D eigenvalue weighted by Crippen LogP contribution is -2.51. The van der Waals surface area contributed by atoms with Crippen molar-refractivity contribution in [1.29, 1.82) is 0 Å². The molecule has 9 heteroatoms. The molecule has 0 amide bonds. The van der Waals surface area contributed by atoms with Crippen molar-refractivity contribution in [2.24, 2.45) is 0 Å². The molecule has 3 aliphatic heterocycles. The second-order valence-electron chi connectivity index (χ2n) is 9.15. The first-order chi connectivity index (χ1) is 16.9. The van der Waals surface area contributed by atoms with E-state index in [1.807, 2.05) is 30.3 Å². The number of hydrogen-bond acceptors (Lipinski definition) is 6. The summed E-state index contributed by atoms with van der Waals surface area (Å²) in [7, 11) is -3.46. The van der Waals surface area contributed by atoms with Gasteiger partial charge in [0, 0.05) is 26.2 Å². The van der Waals surface area contributed by atoms with Crippen molar-refractivity contribution < 1.29 is 22.4 Å². The summed E-state index contributed by atoms with van der Waals surface area (Å²) >= 11 is 0. The first-order valence-electron chi connectivity index (χ1n) is 11.8. The van der Waals surface area contributed by atoms with E-state index in [-0.39, 0.29) is 11.6 Å². The third kappa shape index (κ3) is 4.76. The molecule has 2 aromatic carbocycles. The molecule has 0 aromatic heterocycles. The first kappa shape index (κ1) is 23.7. The number of carbonyl (C=O) groups is 1. The van der Waals surface area contributed by atoms with Crippen LogP contribution >= 0.6 is 0 Å². The van der Waals surface area contributed by atoms with Crippen LogP contribution < -0.4 is 5.48 Å². The second-order valence-corrected chi connectivity index (χ2v) is 11.1. The minimum Gasteiger partial charge on any atom is -0.366 e. The van der Waals surface area contributed by atoms with Crippen molar-refractivity contribution in [3.63, 3.8) is 0 Å². The Morgan fingerprint density at radius 2 is 1.74 bits per heavy atom. The molecule has 0 bridgehead atoms. The van der Waals surface area contributed by atoms with E-state index in [9.17, 15) is 17.6 Å². The van der Waals surface area contributed by atoms with Gasteiger partial charge in [0.2, 0.25) is 10.0 Å². The van der Waals surface area contributed by atoms with E-state index in [1.165, 1.54) is 16.4 Å². The molecule has 3 aliphatic rings. The van der Waals surface area contributed by atoms with E-state index in [0.29, 0.717) is 44.7 Å². The maximum Gasteiger partial charge on any atom is 0.218 e. The molecule has 0 unspecified atom stereocenters. The lowest BCUT2D eigenvalue weighted by Gasteiger charge is -2.42. The van der Waals surface area contributed by atoms with Gasteiger partial charge >= 0.3 is 0 Å². The average Bonchev–Trinajstić information content (AvgIpc) is 3.23. The van der Waals surface area contributed by atoms with E-state index in [1.54, 1.807) is 12.1 Å². The lowest BCUT2D eigenvalue weighted by atomic mass is 9.86. The topological polar surface area (TPSA) is 79.0 Å². The number of hydroxylamine groups is 1. The Kier molecular flexibility index (Phi) is 6.48. The number of rotatable bonds is 6. The normalized spacial score (nSPS) is 20.6. The quantitative estimate of drug-likeness (QED) is 0.618. The zero-order valence-electron chi connectivity index (χ0n) is 19.3. The molecule has 7 nitrogen and oxygen atoms in total. The van der Waals surface area contributed by atoms with Gasteiger partial charge in [0.25, 0.3) is 0 Å². The van der Waals surface area contributed by atoms with Gasteiger partial charge in [0.1, 0.15) is 17.1 Å². The minimum absolute atomic E-state index is 0.0364. The molecule has 0 saturated carbocycles. The van der Waals surface area contributed by atoms with Gasteiger partial charge < -0.3 is 4.90 Å². The first-order valence-corrected chi connectivity index (χ1v) is 13.4. The van der Waals surface area contributed by atoms with E-state index in [0.717, 1.165) is 35.1 Å². The molecule has 1 spiro atoms. The molecule has 1 fully saturated rings. The van der Waals surface area contributed by atoms with Crippen LogP contribution in [0.2, 0.25) is 0 Å². The van der Waals surface area contributed by atoms with Crippen molar-refractivity contribution in [2.75, 3.05) is 26.2 Å². The summed E-state index contributed by atoms with van der Waals surface area (Å²) in [6.45, 7) is 1.90. The van der Waals surface area contributed by atoms with Gasteiger partial charge in [-0.15, -0.1) is 0 Å². The molecule has 1 N–H and O–H groups in total. The minimum atomic E-state index is -3.46. The fraction of sp³-hybridized carbons (Fsp3) is 0.346. The van der Waals surface area contributed by atoms with Crippen molar-refractivity contribution in [1.82, 2.24) is 14.7 Å². The molecule has 3 heterocycles. The Morgan fingerprint density at radius 3 is 2.37 bits per heavy atom. The summed E-state index contributed by atoms with van der Waals surface area (Å²) in [6, 6.07) is 15.6. The van der Waals surface area contributed by atoms with Crippen LogP contribution in [0.5, 0.6) is 0 Å². The largest absolute Gasteiger partial charge is 0.366 e. The molecular formula is C26H28FN3O4S. The number of piperidine rings is 1. The van der Waals surface area contributed by atoms with E-state index in [4.69, 9.17) is 4.84 Å². The molecule has 5 rings (SSSR count). The molecule has 0 aliphatic carbocycles. The van der Waals surface area contributed by atoms with Crippen LogP contribution in [0, 0.1) is 5.82 Å². The second kappa shape index (κ2) is 9.56. The Morgan fingerprint density at radius 1 is 1.03 bits per heavy atom. The maximum absolute atomic E-state index is 13.3. The summed E-state index contributed by atoms with van der Waals surface area (Å²) in [4.78, 5) is 20.0. The van der Waals surface area contributed by atoms with Crippen molar-refractivity contribution in [2.45, 2.75) is 30.6 Å². The number of nitrogens with zero attached hydrogens (tertiary/aromatic N) is 2. The summed E-state index contributed by atoms with van der Waals surface area (Å²) in [5.41, 5.74) is 6.11. The fourth-order valence-corrected chi connectivity index (χ4v) is 6.71. The summed E-state index contributed by atoms with van der Waals surface area (Å²) < 4.78 is 40.8. The SMILES string of the molecule is O=CC1=C(N2CC=C(c3ccc(F)cc3)CC2)C2(CCN(S(=O)(=O)Cc3ccccc3)CC2)ON1. The monoisotopic (exact) mass is 497 g/mol. The Labute approximate surface area is 204 Å². The molecule has 2 aromatic rings. The highest BCUT2D eigenvalue weighted by Crippen LogP contribution is 2.41. The van der Waals surface area contributed by atoms with Gasteiger partial charge in [0.15, 0.2) is 6.29 Å². The Hall–Kier alpha value is -3.01. The number of allylic oxidation sites excluding steroid dienone is 1. The summed E-state index contributed by atoms with van der Waals surface area (Å²) in [5.74, 6) is -0.300. The van der Waals surface area contributed by atoms with Gasteiger partial charge in [-0.05, 0) is 48.1 Å². The van der Waals surface area contributed by atoms with Gasteiger partial charge in [-0.3, -0.25) is 15.1 Å². The van der Waals surface area contributed by atoms with Crippen LogP contribution in [-0.4, -0.2) is 55.7 Å². The zero-order chi connectivity index (χ0) is 24.5. The Bertz CT molecular complexity index is 1250. The van der Waals surface area contributed by atoms with E-state index in [2.05, 4.69) is 16.5 Å². The maximum atomic E-state index is 13.3. The molecule has 0 atom stereocenters. The average molecular weight is 498 g/mol. The molecule has 0 radical (unpaired) electrons.